The van der Waals surface area contributed by atoms with Gasteiger partial charge in [0.1, 0.15) is 0 Å². The van der Waals surface area contributed by atoms with E-state index in [0.717, 1.165) is 19.3 Å². The van der Waals surface area contributed by atoms with Crippen LogP contribution in [0.25, 0.3) is 0 Å². The number of rotatable bonds is 3. The van der Waals surface area contributed by atoms with Gasteiger partial charge >= 0.3 is 0 Å². The Kier molecular flexibility index (Phi) is 2.71. The van der Waals surface area contributed by atoms with E-state index >= 15 is 0 Å². The minimum Gasteiger partial charge on any atom is -0.440 e. The van der Waals surface area contributed by atoms with Gasteiger partial charge in [0.15, 0.2) is 11.0 Å². The number of furan rings is 1. The Balaban J connectivity index is 1.87. The molecule has 15 heavy (non-hydrogen) atoms. The topological polar surface area (TPSA) is 68.3 Å². The van der Waals surface area contributed by atoms with Crippen LogP contribution in [-0.2, 0) is 0 Å². The van der Waals surface area contributed by atoms with Gasteiger partial charge in [-0.05, 0) is 43.0 Å². The van der Waals surface area contributed by atoms with Crippen LogP contribution in [0.2, 0.25) is 5.22 Å². The molecule has 0 saturated heterocycles. The summed E-state index contributed by atoms with van der Waals surface area (Å²) >= 11 is 5.56. The molecular formula is C10H13ClN2O2. The summed E-state index contributed by atoms with van der Waals surface area (Å²) in [6.07, 6.45) is 3.07. The third-order valence-corrected chi connectivity index (χ3v) is 2.95. The Morgan fingerprint density at radius 3 is 2.80 bits per heavy atom. The van der Waals surface area contributed by atoms with Crippen molar-refractivity contribution in [3.05, 3.63) is 23.1 Å². The van der Waals surface area contributed by atoms with Crippen molar-refractivity contribution >= 4 is 17.5 Å². The highest BCUT2D eigenvalue weighted by Gasteiger charge is 2.32. The Morgan fingerprint density at radius 1 is 1.60 bits per heavy atom. The molecule has 0 aliphatic heterocycles. The van der Waals surface area contributed by atoms with Crippen LogP contribution in [0.4, 0.5) is 0 Å². The molecule has 3 N–H and O–H groups in total. The van der Waals surface area contributed by atoms with Gasteiger partial charge in [-0.25, -0.2) is 0 Å². The summed E-state index contributed by atoms with van der Waals surface area (Å²) in [6.45, 7) is 0.490. The molecule has 1 aliphatic carbocycles. The molecule has 1 aliphatic rings. The molecule has 0 bridgehead atoms. The second-order valence-corrected chi connectivity index (χ2v) is 4.37. The zero-order valence-electron chi connectivity index (χ0n) is 8.25. The number of nitrogens with two attached hydrogens (primary N) is 1. The summed E-state index contributed by atoms with van der Waals surface area (Å²) in [4.78, 5) is 11.5. The first-order valence-electron chi connectivity index (χ1n) is 4.91. The predicted molar refractivity (Wildman–Crippen MR) is 56.8 cm³/mol. The van der Waals surface area contributed by atoms with Crippen molar-refractivity contribution in [2.75, 3.05) is 6.54 Å². The number of nitrogens with one attached hydrogen (secondary N) is 1. The van der Waals surface area contributed by atoms with Gasteiger partial charge in [-0.15, -0.1) is 0 Å². The standard InChI is InChI=1S/C10H13ClN2O2/c11-8-3-2-7(15-8)9(14)13-6-10(12)4-1-5-10/h2-3H,1,4-6,12H2,(H,13,14). The van der Waals surface area contributed by atoms with Crippen molar-refractivity contribution in [2.45, 2.75) is 24.8 Å². The van der Waals surface area contributed by atoms with Crippen molar-refractivity contribution in [1.29, 1.82) is 0 Å². The van der Waals surface area contributed by atoms with E-state index in [1.807, 2.05) is 0 Å². The van der Waals surface area contributed by atoms with Gasteiger partial charge in [-0.1, -0.05) is 0 Å². The number of carbonyl (C=O) groups excluding carboxylic acids is 1. The number of halogens is 1. The van der Waals surface area contributed by atoms with Gasteiger partial charge < -0.3 is 15.5 Å². The largest absolute Gasteiger partial charge is 0.440 e. The molecule has 1 saturated carbocycles. The average molecular weight is 229 g/mol. The number of hydrogen-bond donors (Lipinski definition) is 2. The van der Waals surface area contributed by atoms with Crippen LogP contribution in [0, 0.1) is 0 Å². The molecule has 82 valence electrons. The molecule has 0 radical (unpaired) electrons. The van der Waals surface area contributed by atoms with Gasteiger partial charge in [0.25, 0.3) is 5.91 Å². The number of hydrogen-bond acceptors (Lipinski definition) is 3. The first-order valence-corrected chi connectivity index (χ1v) is 5.29. The summed E-state index contributed by atoms with van der Waals surface area (Å²) in [6, 6.07) is 3.08. The van der Waals surface area contributed by atoms with E-state index in [9.17, 15) is 4.79 Å². The molecule has 1 fully saturated rings. The average Bonchev–Trinajstić information content (AvgIpc) is 2.58. The predicted octanol–water partition coefficient (Wildman–Crippen LogP) is 1.54. The van der Waals surface area contributed by atoms with Crippen molar-refractivity contribution in [2.24, 2.45) is 5.73 Å². The molecule has 0 spiro atoms. The molecule has 0 unspecified atom stereocenters. The minimum atomic E-state index is -0.265. The third kappa shape index (κ3) is 2.33. The molecule has 5 heteroatoms. The molecule has 0 atom stereocenters. The molecular weight excluding hydrogens is 216 g/mol. The van der Waals surface area contributed by atoms with Crippen LogP contribution in [0.3, 0.4) is 0 Å². The molecule has 0 aromatic carbocycles. The fourth-order valence-electron chi connectivity index (χ4n) is 1.59. The van der Waals surface area contributed by atoms with Crippen LogP contribution in [0.5, 0.6) is 0 Å². The molecule has 1 amide bonds. The maximum Gasteiger partial charge on any atom is 0.287 e. The number of amides is 1. The maximum atomic E-state index is 11.5. The second kappa shape index (κ2) is 3.87. The van der Waals surface area contributed by atoms with Gasteiger partial charge in [-0.3, -0.25) is 4.79 Å². The Morgan fingerprint density at radius 2 is 2.33 bits per heavy atom. The molecule has 2 rings (SSSR count). The number of carbonyl (C=O) groups is 1. The van der Waals surface area contributed by atoms with Crippen molar-refractivity contribution in [1.82, 2.24) is 5.32 Å². The lowest BCUT2D eigenvalue weighted by Gasteiger charge is -2.37. The summed E-state index contributed by atoms with van der Waals surface area (Å²) in [7, 11) is 0. The zero-order chi connectivity index (χ0) is 10.9. The monoisotopic (exact) mass is 228 g/mol. The normalized spacial score (nSPS) is 18.3. The van der Waals surface area contributed by atoms with Gasteiger partial charge in [0.05, 0.1) is 0 Å². The Bertz CT molecular complexity index is 371. The van der Waals surface area contributed by atoms with E-state index in [2.05, 4.69) is 5.32 Å². The van der Waals surface area contributed by atoms with E-state index in [1.54, 1.807) is 6.07 Å². The van der Waals surface area contributed by atoms with E-state index in [0.29, 0.717) is 6.54 Å². The fraction of sp³-hybridized carbons (Fsp3) is 0.500. The lowest BCUT2D eigenvalue weighted by Crippen LogP contribution is -2.54. The van der Waals surface area contributed by atoms with E-state index < -0.39 is 0 Å². The lowest BCUT2D eigenvalue weighted by atomic mass is 9.78. The highest BCUT2D eigenvalue weighted by Crippen LogP contribution is 2.28. The summed E-state index contributed by atoms with van der Waals surface area (Å²) in [5, 5.41) is 2.95. The smallest absolute Gasteiger partial charge is 0.287 e. The van der Waals surface area contributed by atoms with Crippen LogP contribution in [0.15, 0.2) is 16.5 Å². The highest BCUT2D eigenvalue weighted by molar-refractivity contribution is 6.29. The van der Waals surface area contributed by atoms with Crippen LogP contribution in [-0.4, -0.2) is 18.0 Å². The summed E-state index contributed by atoms with van der Waals surface area (Å²) < 4.78 is 4.97. The maximum absolute atomic E-state index is 11.5. The van der Waals surface area contributed by atoms with Crippen LogP contribution in [0.1, 0.15) is 29.8 Å². The van der Waals surface area contributed by atoms with Gasteiger partial charge in [0.2, 0.25) is 0 Å². The van der Waals surface area contributed by atoms with E-state index in [1.165, 1.54) is 6.07 Å². The molecule has 1 aromatic heterocycles. The zero-order valence-corrected chi connectivity index (χ0v) is 9.01. The first-order chi connectivity index (χ1) is 7.09. The molecule has 4 nitrogen and oxygen atoms in total. The van der Waals surface area contributed by atoms with Gasteiger partial charge in [0, 0.05) is 12.1 Å². The summed E-state index contributed by atoms with van der Waals surface area (Å²) in [5.74, 6) is -0.0402. The van der Waals surface area contributed by atoms with Crippen LogP contribution < -0.4 is 11.1 Å². The van der Waals surface area contributed by atoms with Crippen molar-refractivity contribution in [3.8, 4) is 0 Å². The lowest BCUT2D eigenvalue weighted by molar-refractivity contribution is 0.0902. The van der Waals surface area contributed by atoms with E-state index in [-0.39, 0.29) is 22.4 Å². The fourth-order valence-corrected chi connectivity index (χ4v) is 1.73. The van der Waals surface area contributed by atoms with Gasteiger partial charge in [-0.2, -0.15) is 0 Å². The highest BCUT2D eigenvalue weighted by atomic mass is 35.5. The minimum absolute atomic E-state index is 0.214. The van der Waals surface area contributed by atoms with Crippen LogP contribution >= 0.6 is 11.6 Å². The molecule has 1 heterocycles. The first kappa shape index (κ1) is 10.5. The third-order valence-electron chi connectivity index (χ3n) is 2.75. The van der Waals surface area contributed by atoms with Crippen molar-refractivity contribution < 1.29 is 9.21 Å². The summed E-state index contributed by atoms with van der Waals surface area (Å²) in [5.41, 5.74) is 5.75. The second-order valence-electron chi connectivity index (χ2n) is 4.00. The SMILES string of the molecule is NC1(CNC(=O)c2ccc(Cl)o2)CCC1. The quantitative estimate of drug-likeness (QED) is 0.825. The Hall–Kier alpha value is -1.00. The van der Waals surface area contributed by atoms with Crippen molar-refractivity contribution in [3.63, 3.8) is 0 Å². The van der Waals surface area contributed by atoms with E-state index in [4.69, 9.17) is 21.8 Å². The Labute approximate surface area is 92.8 Å². The molecule has 1 aromatic rings.